The van der Waals surface area contributed by atoms with Crippen molar-refractivity contribution >= 4 is 0 Å². The zero-order valence-corrected chi connectivity index (χ0v) is 11.1. The van der Waals surface area contributed by atoms with Gasteiger partial charge in [0.15, 0.2) is 0 Å². The Labute approximate surface area is 109 Å². The van der Waals surface area contributed by atoms with Gasteiger partial charge in [0.1, 0.15) is 5.82 Å². The van der Waals surface area contributed by atoms with E-state index in [2.05, 4.69) is 5.43 Å². The molecule has 2 nitrogen and oxygen atoms in total. The zero-order valence-electron chi connectivity index (χ0n) is 11.1. The third kappa shape index (κ3) is 3.30. The molecule has 0 spiro atoms. The van der Waals surface area contributed by atoms with Gasteiger partial charge in [0.05, 0.1) is 0 Å². The van der Waals surface area contributed by atoms with Gasteiger partial charge in [0.2, 0.25) is 0 Å². The number of hydrogen-bond acceptors (Lipinski definition) is 2. The molecule has 2 rings (SSSR count). The molecule has 1 fully saturated rings. The van der Waals surface area contributed by atoms with Crippen molar-refractivity contribution in [3.63, 3.8) is 0 Å². The lowest BCUT2D eigenvalue weighted by Crippen LogP contribution is -2.28. The summed E-state index contributed by atoms with van der Waals surface area (Å²) in [6.07, 6.45) is 7.72. The first-order valence-electron chi connectivity index (χ1n) is 6.93. The maximum Gasteiger partial charge on any atom is 0.126 e. The van der Waals surface area contributed by atoms with Crippen LogP contribution >= 0.6 is 0 Å². The molecule has 1 unspecified atom stereocenters. The van der Waals surface area contributed by atoms with E-state index in [0.717, 1.165) is 17.9 Å². The smallest absolute Gasteiger partial charge is 0.126 e. The lowest BCUT2D eigenvalue weighted by atomic mass is 9.94. The van der Waals surface area contributed by atoms with Crippen molar-refractivity contribution in [1.29, 1.82) is 0 Å². The van der Waals surface area contributed by atoms with E-state index in [1.165, 1.54) is 38.2 Å². The van der Waals surface area contributed by atoms with Crippen LogP contribution < -0.4 is 11.3 Å². The van der Waals surface area contributed by atoms with Crippen molar-refractivity contribution in [2.45, 2.75) is 51.5 Å². The van der Waals surface area contributed by atoms with E-state index >= 15 is 0 Å². The van der Waals surface area contributed by atoms with Crippen LogP contribution in [0.25, 0.3) is 0 Å². The Morgan fingerprint density at radius 2 is 2.11 bits per heavy atom. The zero-order chi connectivity index (χ0) is 13.0. The van der Waals surface area contributed by atoms with Gasteiger partial charge in [-0.1, -0.05) is 37.8 Å². The fourth-order valence-electron chi connectivity index (χ4n) is 2.93. The molecule has 1 aromatic rings. The van der Waals surface area contributed by atoms with Gasteiger partial charge in [-0.15, -0.1) is 0 Å². The number of aryl methyl sites for hydroxylation is 1. The van der Waals surface area contributed by atoms with Crippen LogP contribution in [0.4, 0.5) is 4.39 Å². The van der Waals surface area contributed by atoms with E-state index in [-0.39, 0.29) is 11.9 Å². The first-order valence-corrected chi connectivity index (χ1v) is 6.93. The number of halogens is 1. The van der Waals surface area contributed by atoms with E-state index in [0.29, 0.717) is 5.56 Å². The number of nitrogens with two attached hydrogens (primary N) is 1. The minimum Gasteiger partial charge on any atom is -0.271 e. The van der Waals surface area contributed by atoms with Gasteiger partial charge >= 0.3 is 0 Å². The van der Waals surface area contributed by atoms with Crippen molar-refractivity contribution in [3.8, 4) is 0 Å². The standard InChI is InChI=1S/C15H23FN2/c1-11-10-13(7-8-14(11)16)15(18-17)9-6-12-4-2-3-5-12/h7-8,10,12,15,18H,2-6,9,17H2,1H3. The average Bonchev–Trinajstić information content (AvgIpc) is 2.87. The number of hydrogen-bond donors (Lipinski definition) is 2. The summed E-state index contributed by atoms with van der Waals surface area (Å²) in [5.41, 5.74) is 4.65. The maximum absolute atomic E-state index is 13.2. The molecule has 1 aromatic carbocycles. The van der Waals surface area contributed by atoms with Crippen LogP contribution in [-0.4, -0.2) is 0 Å². The molecule has 1 atom stereocenters. The maximum atomic E-state index is 13.2. The summed E-state index contributed by atoms with van der Waals surface area (Å²) < 4.78 is 13.2. The monoisotopic (exact) mass is 250 g/mol. The normalized spacial score (nSPS) is 18.2. The Morgan fingerprint density at radius 3 is 2.72 bits per heavy atom. The van der Waals surface area contributed by atoms with Crippen molar-refractivity contribution in [2.75, 3.05) is 0 Å². The Balaban J connectivity index is 1.96. The van der Waals surface area contributed by atoms with Crippen LogP contribution in [0.2, 0.25) is 0 Å². The van der Waals surface area contributed by atoms with Crippen molar-refractivity contribution < 1.29 is 4.39 Å². The summed E-state index contributed by atoms with van der Waals surface area (Å²) in [6, 6.07) is 5.41. The van der Waals surface area contributed by atoms with Crippen LogP contribution in [0.15, 0.2) is 18.2 Å². The molecule has 3 N–H and O–H groups in total. The minimum atomic E-state index is -0.148. The van der Waals surface area contributed by atoms with Crippen LogP contribution in [0, 0.1) is 18.7 Å². The highest BCUT2D eigenvalue weighted by atomic mass is 19.1. The molecule has 0 amide bonds. The van der Waals surface area contributed by atoms with Crippen LogP contribution in [0.5, 0.6) is 0 Å². The highest BCUT2D eigenvalue weighted by Gasteiger charge is 2.18. The van der Waals surface area contributed by atoms with Gasteiger partial charge in [0, 0.05) is 6.04 Å². The van der Waals surface area contributed by atoms with Crippen LogP contribution in [0.3, 0.4) is 0 Å². The highest BCUT2D eigenvalue weighted by molar-refractivity contribution is 5.26. The first-order chi connectivity index (χ1) is 8.70. The topological polar surface area (TPSA) is 38.0 Å². The minimum absolute atomic E-state index is 0.143. The Hall–Kier alpha value is -0.930. The van der Waals surface area contributed by atoms with Crippen LogP contribution in [-0.2, 0) is 0 Å². The second-order valence-corrected chi connectivity index (χ2v) is 5.46. The van der Waals surface area contributed by atoms with Gasteiger partial charge < -0.3 is 0 Å². The second-order valence-electron chi connectivity index (χ2n) is 5.46. The fourth-order valence-corrected chi connectivity index (χ4v) is 2.93. The van der Waals surface area contributed by atoms with E-state index in [4.69, 9.17) is 5.84 Å². The van der Waals surface area contributed by atoms with Gasteiger partial charge in [-0.25, -0.2) is 4.39 Å². The second kappa shape index (κ2) is 6.30. The molecule has 0 radical (unpaired) electrons. The summed E-state index contributed by atoms with van der Waals surface area (Å²) in [5, 5.41) is 0. The first kappa shape index (κ1) is 13.5. The predicted octanol–water partition coefficient (Wildman–Crippen LogP) is 3.61. The van der Waals surface area contributed by atoms with Crippen LogP contribution in [0.1, 0.15) is 55.7 Å². The van der Waals surface area contributed by atoms with Crippen molar-refractivity contribution in [3.05, 3.63) is 35.1 Å². The molecule has 0 aliphatic heterocycles. The van der Waals surface area contributed by atoms with E-state index in [1.807, 2.05) is 12.1 Å². The van der Waals surface area contributed by atoms with E-state index in [1.54, 1.807) is 6.92 Å². The molecule has 18 heavy (non-hydrogen) atoms. The van der Waals surface area contributed by atoms with E-state index < -0.39 is 0 Å². The molecule has 1 aliphatic carbocycles. The lowest BCUT2D eigenvalue weighted by Gasteiger charge is -2.19. The quantitative estimate of drug-likeness (QED) is 0.619. The molecule has 1 aliphatic rings. The molecular weight excluding hydrogens is 227 g/mol. The SMILES string of the molecule is Cc1cc(C(CCC2CCCC2)NN)ccc1F. The van der Waals surface area contributed by atoms with Gasteiger partial charge in [-0.05, 0) is 42.9 Å². The summed E-state index contributed by atoms with van der Waals surface area (Å²) in [6.45, 7) is 1.80. The Morgan fingerprint density at radius 1 is 1.39 bits per heavy atom. The van der Waals surface area contributed by atoms with Crippen molar-refractivity contribution in [1.82, 2.24) is 5.43 Å². The molecule has 1 saturated carbocycles. The number of nitrogens with one attached hydrogen (secondary N) is 1. The highest BCUT2D eigenvalue weighted by Crippen LogP contribution is 2.31. The fraction of sp³-hybridized carbons (Fsp3) is 0.600. The predicted molar refractivity (Wildman–Crippen MR) is 72.4 cm³/mol. The molecule has 0 aromatic heterocycles. The summed E-state index contributed by atoms with van der Waals surface area (Å²) in [5.74, 6) is 6.35. The Bertz CT molecular complexity index is 386. The Kier molecular flexibility index (Phi) is 4.72. The summed E-state index contributed by atoms with van der Waals surface area (Å²) in [4.78, 5) is 0. The summed E-state index contributed by atoms with van der Waals surface area (Å²) >= 11 is 0. The van der Waals surface area contributed by atoms with Crippen molar-refractivity contribution in [2.24, 2.45) is 11.8 Å². The molecule has 0 bridgehead atoms. The number of rotatable bonds is 5. The molecular formula is C15H23FN2. The number of hydrazine groups is 1. The summed E-state index contributed by atoms with van der Waals surface area (Å²) in [7, 11) is 0. The largest absolute Gasteiger partial charge is 0.271 e. The molecule has 0 heterocycles. The third-order valence-corrected chi connectivity index (χ3v) is 4.12. The number of benzene rings is 1. The average molecular weight is 250 g/mol. The van der Waals surface area contributed by atoms with Gasteiger partial charge in [-0.2, -0.15) is 0 Å². The third-order valence-electron chi connectivity index (χ3n) is 4.12. The van der Waals surface area contributed by atoms with Gasteiger partial charge in [-0.3, -0.25) is 11.3 Å². The lowest BCUT2D eigenvalue weighted by molar-refractivity contribution is 0.416. The molecule has 100 valence electrons. The van der Waals surface area contributed by atoms with E-state index in [9.17, 15) is 4.39 Å². The van der Waals surface area contributed by atoms with Gasteiger partial charge in [0.25, 0.3) is 0 Å². The molecule has 3 heteroatoms. The molecule has 0 saturated heterocycles.